The van der Waals surface area contributed by atoms with E-state index in [0.29, 0.717) is 0 Å². The van der Waals surface area contributed by atoms with Crippen molar-refractivity contribution in [2.24, 2.45) is 0 Å². The first-order valence-corrected chi connectivity index (χ1v) is 11.7. The number of carbonyl (C=O) groups excluding carboxylic acids is 1. The molecule has 32 heavy (non-hydrogen) atoms. The van der Waals surface area contributed by atoms with Crippen LogP contribution in [0.3, 0.4) is 0 Å². The summed E-state index contributed by atoms with van der Waals surface area (Å²) in [6, 6.07) is 13.0. The molecule has 0 spiro atoms. The van der Waals surface area contributed by atoms with E-state index in [2.05, 4.69) is 5.32 Å². The Morgan fingerprint density at radius 2 is 1.50 bits per heavy atom. The minimum atomic E-state index is -4.77. The van der Waals surface area contributed by atoms with Crippen LogP contribution in [0.4, 0.5) is 13.2 Å². The molecule has 1 amide bonds. The Hall–Kier alpha value is -2.43. The van der Waals surface area contributed by atoms with Crippen LogP contribution in [-0.2, 0) is 21.0 Å². The molecule has 0 aromatic heterocycles. The van der Waals surface area contributed by atoms with Gasteiger partial charge in [0.1, 0.15) is 0 Å². The molecule has 2 aromatic carbocycles. The molecule has 1 saturated heterocycles. The van der Waals surface area contributed by atoms with Gasteiger partial charge in [0.05, 0.1) is 22.5 Å². The molecule has 3 rings (SSSR count). The zero-order valence-corrected chi connectivity index (χ0v) is 18.7. The third kappa shape index (κ3) is 5.31. The molecule has 1 aliphatic heterocycles. The van der Waals surface area contributed by atoms with Crippen LogP contribution >= 0.6 is 0 Å². The zero-order valence-electron chi connectivity index (χ0n) is 17.8. The number of nitrogens with zero attached hydrogens (tertiary/aromatic N) is 2. The topological polar surface area (TPSA) is 69.7 Å². The summed E-state index contributed by atoms with van der Waals surface area (Å²) in [6.45, 7) is 4.09. The number of hydrogen-bond acceptors (Lipinski definition) is 4. The molecule has 0 unspecified atom stereocenters. The van der Waals surface area contributed by atoms with E-state index in [4.69, 9.17) is 0 Å². The van der Waals surface area contributed by atoms with Gasteiger partial charge < -0.3 is 5.32 Å². The Bertz CT molecular complexity index is 1040. The largest absolute Gasteiger partial charge is 0.417 e. The number of benzene rings is 2. The number of carbonyl (C=O) groups is 1. The van der Waals surface area contributed by atoms with Gasteiger partial charge in [-0.1, -0.05) is 42.5 Å². The van der Waals surface area contributed by atoms with Crippen LogP contribution in [0.5, 0.6) is 0 Å². The van der Waals surface area contributed by atoms with E-state index >= 15 is 0 Å². The van der Waals surface area contributed by atoms with Crippen molar-refractivity contribution in [3.8, 4) is 0 Å². The zero-order chi connectivity index (χ0) is 23.5. The monoisotopic (exact) mass is 469 g/mol. The smallest absolute Gasteiger partial charge is 0.348 e. The molecule has 0 radical (unpaired) electrons. The SMILES string of the molecule is C[C@H](NC(=O)[C@@H](C)N1CCN(S(=O)(=O)c2ccccc2C(F)(F)F)CC1)c1ccccc1. The minimum absolute atomic E-state index is 0.000381. The van der Waals surface area contributed by atoms with Crippen LogP contribution in [0.25, 0.3) is 0 Å². The second kappa shape index (κ2) is 9.60. The first-order valence-electron chi connectivity index (χ1n) is 10.3. The molecule has 0 aliphatic carbocycles. The quantitative estimate of drug-likeness (QED) is 0.705. The van der Waals surface area contributed by atoms with Crippen LogP contribution in [0.15, 0.2) is 59.5 Å². The lowest BCUT2D eigenvalue weighted by Crippen LogP contribution is -2.55. The summed E-state index contributed by atoms with van der Waals surface area (Å²) < 4.78 is 66.7. The summed E-state index contributed by atoms with van der Waals surface area (Å²) in [6.07, 6.45) is -4.77. The van der Waals surface area contributed by atoms with Crippen molar-refractivity contribution in [1.82, 2.24) is 14.5 Å². The standard InChI is InChI=1S/C22H26F3N3O3S/c1-16(18-8-4-3-5-9-18)26-21(29)17(2)27-12-14-28(15-13-27)32(30,31)20-11-7-6-10-19(20)22(23,24)25/h3-11,16-17H,12-15H2,1-2H3,(H,26,29)/t16-,17+/m0/s1. The average molecular weight is 470 g/mol. The molecule has 2 aromatic rings. The molecular formula is C22H26F3N3O3S. The lowest BCUT2D eigenvalue weighted by Gasteiger charge is -2.37. The normalized spacial score (nSPS) is 18.2. The summed E-state index contributed by atoms with van der Waals surface area (Å²) in [5.74, 6) is -0.194. The Morgan fingerprint density at radius 3 is 2.09 bits per heavy atom. The maximum Gasteiger partial charge on any atom is 0.417 e. The fourth-order valence-electron chi connectivity index (χ4n) is 3.72. The van der Waals surface area contributed by atoms with E-state index in [1.54, 1.807) is 6.92 Å². The van der Waals surface area contributed by atoms with E-state index in [1.807, 2.05) is 42.2 Å². The highest BCUT2D eigenvalue weighted by atomic mass is 32.2. The summed E-state index contributed by atoms with van der Waals surface area (Å²) in [4.78, 5) is 13.8. The number of piperazine rings is 1. The predicted octanol–water partition coefficient (Wildman–Crippen LogP) is 3.28. The second-order valence-corrected chi connectivity index (χ2v) is 9.66. The van der Waals surface area contributed by atoms with Crippen LogP contribution in [0.2, 0.25) is 0 Å². The Balaban J connectivity index is 1.64. The maximum absolute atomic E-state index is 13.3. The van der Waals surface area contributed by atoms with Gasteiger partial charge in [-0.25, -0.2) is 8.42 Å². The Kier molecular flexibility index (Phi) is 7.26. The summed E-state index contributed by atoms with van der Waals surface area (Å²) >= 11 is 0. The molecule has 1 N–H and O–H groups in total. The van der Waals surface area contributed by atoms with Crippen molar-refractivity contribution in [2.75, 3.05) is 26.2 Å². The predicted molar refractivity (Wildman–Crippen MR) is 114 cm³/mol. The van der Waals surface area contributed by atoms with E-state index < -0.39 is 32.7 Å². The van der Waals surface area contributed by atoms with Gasteiger partial charge in [0.2, 0.25) is 15.9 Å². The number of hydrogen-bond donors (Lipinski definition) is 1. The molecule has 10 heteroatoms. The number of rotatable bonds is 6. The van der Waals surface area contributed by atoms with Crippen molar-refractivity contribution in [3.05, 3.63) is 65.7 Å². The summed E-state index contributed by atoms with van der Waals surface area (Å²) in [5, 5.41) is 2.95. The third-order valence-electron chi connectivity index (χ3n) is 5.67. The van der Waals surface area contributed by atoms with Crippen LogP contribution in [0.1, 0.15) is 31.0 Å². The fraction of sp³-hybridized carbons (Fsp3) is 0.409. The van der Waals surface area contributed by atoms with E-state index in [9.17, 15) is 26.4 Å². The average Bonchev–Trinajstić information content (AvgIpc) is 2.78. The van der Waals surface area contributed by atoms with Gasteiger partial charge in [0.15, 0.2) is 0 Å². The molecule has 1 fully saturated rings. The van der Waals surface area contributed by atoms with Gasteiger partial charge in [-0.2, -0.15) is 17.5 Å². The highest BCUT2D eigenvalue weighted by Gasteiger charge is 2.40. The third-order valence-corrected chi connectivity index (χ3v) is 7.63. The molecule has 1 heterocycles. The number of sulfonamides is 1. The van der Waals surface area contributed by atoms with Crippen molar-refractivity contribution < 1.29 is 26.4 Å². The first kappa shape index (κ1) is 24.2. The molecule has 0 saturated carbocycles. The van der Waals surface area contributed by atoms with Crippen molar-refractivity contribution in [3.63, 3.8) is 0 Å². The second-order valence-electron chi connectivity index (χ2n) is 7.75. The van der Waals surface area contributed by atoms with E-state index in [-0.39, 0.29) is 38.1 Å². The van der Waals surface area contributed by atoms with Crippen LogP contribution in [0, 0.1) is 0 Å². The number of nitrogens with one attached hydrogen (secondary N) is 1. The lowest BCUT2D eigenvalue weighted by atomic mass is 10.1. The molecule has 6 nitrogen and oxygen atoms in total. The minimum Gasteiger partial charge on any atom is -0.348 e. The van der Waals surface area contributed by atoms with E-state index in [0.717, 1.165) is 28.1 Å². The molecule has 2 atom stereocenters. The van der Waals surface area contributed by atoms with E-state index in [1.165, 1.54) is 6.07 Å². The molecule has 0 bridgehead atoms. The molecule has 1 aliphatic rings. The highest BCUT2D eigenvalue weighted by Crippen LogP contribution is 2.35. The van der Waals surface area contributed by atoms with Crippen molar-refractivity contribution in [1.29, 1.82) is 0 Å². The van der Waals surface area contributed by atoms with Gasteiger partial charge in [-0.05, 0) is 31.5 Å². The van der Waals surface area contributed by atoms with Gasteiger partial charge in [0.25, 0.3) is 0 Å². The van der Waals surface area contributed by atoms with Gasteiger partial charge in [-0.3, -0.25) is 9.69 Å². The number of halogens is 3. The highest BCUT2D eigenvalue weighted by molar-refractivity contribution is 7.89. The first-order chi connectivity index (χ1) is 15.0. The Labute approximate surface area is 186 Å². The maximum atomic E-state index is 13.3. The van der Waals surface area contributed by atoms with Crippen molar-refractivity contribution >= 4 is 15.9 Å². The van der Waals surface area contributed by atoms with Gasteiger partial charge in [-0.15, -0.1) is 0 Å². The molecule has 174 valence electrons. The molecular weight excluding hydrogens is 443 g/mol. The Morgan fingerprint density at radius 1 is 0.938 bits per heavy atom. The number of alkyl halides is 3. The van der Waals surface area contributed by atoms with Crippen LogP contribution < -0.4 is 5.32 Å². The van der Waals surface area contributed by atoms with Gasteiger partial charge in [0, 0.05) is 26.2 Å². The summed E-state index contributed by atoms with van der Waals surface area (Å²) in [7, 11) is -4.31. The van der Waals surface area contributed by atoms with Crippen LogP contribution in [-0.4, -0.2) is 55.8 Å². The lowest BCUT2D eigenvalue weighted by molar-refractivity contribution is -0.140. The summed E-state index contributed by atoms with van der Waals surface area (Å²) in [5.41, 5.74) is -0.211. The van der Waals surface area contributed by atoms with Crippen molar-refractivity contribution in [2.45, 2.75) is 37.0 Å². The fourth-order valence-corrected chi connectivity index (χ4v) is 5.36. The number of amides is 1. The van der Waals surface area contributed by atoms with Gasteiger partial charge >= 0.3 is 6.18 Å².